The Balaban J connectivity index is 0.00000400. The van der Waals surface area contributed by atoms with Gasteiger partial charge in [-0.25, -0.2) is 0 Å². The number of rotatable bonds is 7. The minimum absolute atomic E-state index is 0. The molecule has 0 spiro atoms. The SMILES string of the molecule is CCN(CCNC(N)=NCC(C)C)c1cccc(C)c1.I. The lowest BCUT2D eigenvalue weighted by atomic mass is 10.2. The molecule has 0 saturated carbocycles. The van der Waals surface area contributed by atoms with Gasteiger partial charge in [0.25, 0.3) is 0 Å². The van der Waals surface area contributed by atoms with Gasteiger partial charge in [0, 0.05) is 31.9 Å². The average molecular weight is 404 g/mol. The zero-order valence-corrected chi connectivity index (χ0v) is 15.9. The lowest BCUT2D eigenvalue weighted by molar-refractivity contribution is 0.660. The molecule has 0 amide bonds. The number of anilines is 1. The summed E-state index contributed by atoms with van der Waals surface area (Å²) in [5.74, 6) is 1.08. The molecule has 5 heteroatoms. The van der Waals surface area contributed by atoms with Gasteiger partial charge in [0.15, 0.2) is 5.96 Å². The van der Waals surface area contributed by atoms with Crippen LogP contribution in [0, 0.1) is 12.8 Å². The molecule has 120 valence electrons. The van der Waals surface area contributed by atoms with Crippen molar-refractivity contribution in [3.63, 3.8) is 0 Å². The highest BCUT2D eigenvalue weighted by Crippen LogP contribution is 2.14. The Labute approximate surface area is 146 Å². The van der Waals surface area contributed by atoms with Gasteiger partial charge in [-0.2, -0.15) is 0 Å². The molecule has 0 fully saturated rings. The molecule has 0 bridgehead atoms. The molecule has 0 saturated heterocycles. The van der Waals surface area contributed by atoms with Crippen LogP contribution >= 0.6 is 24.0 Å². The van der Waals surface area contributed by atoms with Crippen LogP contribution in [0.3, 0.4) is 0 Å². The summed E-state index contributed by atoms with van der Waals surface area (Å²) in [6.07, 6.45) is 0. The maximum atomic E-state index is 5.83. The number of likely N-dealkylation sites (N-methyl/N-ethyl adjacent to an activating group) is 1. The van der Waals surface area contributed by atoms with E-state index < -0.39 is 0 Å². The quantitative estimate of drug-likeness (QED) is 0.417. The first kappa shape index (κ1) is 20.0. The van der Waals surface area contributed by atoms with Crippen molar-refractivity contribution >= 4 is 35.6 Å². The third-order valence-corrected chi connectivity index (χ3v) is 3.06. The van der Waals surface area contributed by atoms with Crippen LogP contribution in [0.5, 0.6) is 0 Å². The number of benzene rings is 1. The van der Waals surface area contributed by atoms with E-state index in [0.717, 1.165) is 26.2 Å². The molecule has 1 aromatic rings. The van der Waals surface area contributed by atoms with E-state index in [-0.39, 0.29) is 24.0 Å². The van der Waals surface area contributed by atoms with Crippen LogP contribution in [0.1, 0.15) is 26.3 Å². The van der Waals surface area contributed by atoms with Crippen LogP contribution in [-0.2, 0) is 0 Å². The van der Waals surface area contributed by atoms with Gasteiger partial charge in [-0.05, 0) is 37.5 Å². The molecule has 0 atom stereocenters. The number of nitrogens with two attached hydrogens (primary N) is 1. The van der Waals surface area contributed by atoms with Crippen molar-refractivity contribution in [3.8, 4) is 0 Å². The molecule has 0 aromatic heterocycles. The van der Waals surface area contributed by atoms with Gasteiger partial charge in [-0.1, -0.05) is 26.0 Å². The minimum Gasteiger partial charge on any atom is -0.370 e. The monoisotopic (exact) mass is 404 g/mol. The third kappa shape index (κ3) is 8.14. The van der Waals surface area contributed by atoms with Crippen LogP contribution in [-0.4, -0.2) is 32.1 Å². The molecule has 0 heterocycles. The lowest BCUT2D eigenvalue weighted by Gasteiger charge is -2.23. The first-order chi connectivity index (χ1) is 9.52. The van der Waals surface area contributed by atoms with E-state index in [4.69, 9.17) is 5.73 Å². The Bertz CT molecular complexity index is 432. The van der Waals surface area contributed by atoms with Crippen molar-refractivity contribution in [2.75, 3.05) is 31.1 Å². The number of aliphatic imine (C=N–C) groups is 1. The standard InChI is InChI=1S/C16H28N4.HI/c1-5-20(15-8-6-7-14(4)11-15)10-9-18-16(17)19-12-13(2)3;/h6-8,11,13H,5,9-10,12H2,1-4H3,(H3,17,18,19);1H. The maximum Gasteiger partial charge on any atom is 0.188 e. The zero-order valence-electron chi connectivity index (χ0n) is 13.6. The van der Waals surface area contributed by atoms with Crippen LogP contribution in [0.15, 0.2) is 29.3 Å². The van der Waals surface area contributed by atoms with Gasteiger partial charge in [0.2, 0.25) is 0 Å². The molecule has 0 unspecified atom stereocenters. The van der Waals surface area contributed by atoms with Crippen molar-refractivity contribution in [1.82, 2.24) is 5.32 Å². The highest BCUT2D eigenvalue weighted by atomic mass is 127. The Morgan fingerprint density at radius 2 is 2.10 bits per heavy atom. The zero-order chi connectivity index (χ0) is 15.0. The molecule has 0 aliphatic rings. The molecule has 0 radical (unpaired) electrons. The van der Waals surface area contributed by atoms with E-state index in [1.54, 1.807) is 0 Å². The number of hydrogen-bond acceptors (Lipinski definition) is 2. The van der Waals surface area contributed by atoms with Crippen LogP contribution in [0.4, 0.5) is 5.69 Å². The van der Waals surface area contributed by atoms with Gasteiger partial charge in [0.1, 0.15) is 0 Å². The predicted octanol–water partition coefficient (Wildman–Crippen LogP) is 3.00. The number of aryl methyl sites for hydroxylation is 1. The van der Waals surface area contributed by atoms with E-state index in [0.29, 0.717) is 11.9 Å². The number of guanidine groups is 1. The highest BCUT2D eigenvalue weighted by Gasteiger charge is 2.04. The summed E-state index contributed by atoms with van der Waals surface area (Å²) in [5.41, 5.74) is 8.37. The van der Waals surface area contributed by atoms with Crippen LogP contribution in [0.2, 0.25) is 0 Å². The van der Waals surface area contributed by atoms with Crippen molar-refractivity contribution in [2.45, 2.75) is 27.7 Å². The summed E-state index contributed by atoms with van der Waals surface area (Å²) in [6, 6.07) is 8.57. The molecule has 3 N–H and O–H groups in total. The Kier molecular flexibility index (Phi) is 10.2. The highest BCUT2D eigenvalue weighted by molar-refractivity contribution is 14.0. The van der Waals surface area contributed by atoms with Crippen molar-refractivity contribution in [2.24, 2.45) is 16.6 Å². The fraction of sp³-hybridized carbons (Fsp3) is 0.562. The van der Waals surface area contributed by atoms with Gasteiger partial charge in [-0.15, -0.1) is 24.0 Å². The average Bonchev–Trinajstić information content (AvgIpc) is 2.41. The van der Waals surface area contributed by atoms with E-state index in [1.165, 1.54) is 11.3 Å². The lowest BCUT2D eigenvalue weighted by Crippen LogP contribution is -2.38. The summed E-state index contributed by atoms with van der Waals surface area (Å²) in [5, 5.41) is 3.17. The van der Waals surface area contributed by atoms with Gasteiger partial charge in [-0.3, -0.25) is 4.99 Å². The molecule has 4 nitrogen and oxygen atoms in total. The summed E-state index contributed by atoms with van der Waals surface area (Å²) < 4.78 is 0. The van der Waals surface area contributed by atoms with Crippen LogP contribution in [0.25, 0.3) is 0 Å². The van der Waals surface area contributed by atoms with E-state index in [9.17, 15) is 0 Å². The Morgan fingerprint density at radius 1 is 1.38 bits per heavy atom. The second-order valence-electron chi connectivity index (χ2n) is 5.47. The van der Waals surface area contributed by atoms with E-state index in [2.05, 4.69) is 67.2 Å². The summed E-state index contributed by atoms with van der Waals surface area (Å²) in [6.45, 7) is 12.0. The number of nitrogens with one attached hydrogen (secondary N) is 1. The first-order valence-electron chi connectivity index (χ1n) is 7.38. The molecular weight excluding hydrogens is 375 g/mol. The Hall–Kier alpha value is -0.980. The van der Waals surface area contributed by atoms with E-state index in [1.807, 2.05) is 0 Å². The van der Waals surface area contributed by atoms with Crippen molar-refractivity contribution in [3.05, 3.63) is 29.8 Å². The second-order valence-corrected chi connectivity index (χ2v) is 5.47. The van der Waals surface area contributed by atoms with Gasteiger partial charge >= 0.3 is 0 Å². The molecular formula is C16H29IN4. The van der Waals surface area contributed by atoms with Crippen LogP contribution < -0.4 is 16.0 Å². The summed E-state index contributed by atoms with van der Waals surface area (Å²) in [7, 11) is 0. The summed E-state index contributed by atoms with van der Waals surface area (Å²) in [4.78, 5) is 6.63. The fourth-order valence-electron chi connectivity index (χ4n) is 1.95. The summed E-state index contributed by atoms with van der Waals surface area (Å²) >= 11 is 0. The molecule has 0 aliphatic heterocycles. The predicted molar refractivity (Wildman–Crippen MR) is 104 cm³/mol. The second kappa shape index (κ2) is 10.7. The molecule has 1 aromatic carbocycles. The van der Waals surface area contributed by atoms with Crippen molar-refractivity contribution < 1.29 is 0 Å². The van der Waals surface area contributed by atoms with Crippen molar-refractivity contribution in [1.29, 1.82) is 0 Å². The molecule has 0 aliphatic carbocycles. The number of halogens is 1. The number of hydrogen-bond donors (Lipinski definition) is 2. The van der Waals surface area contributed by atoms with E-state index >= 15 is 0 Å². The number of nitrogens with zero attached hydrogens (tertiary/aromatic N) is 2. The molecule has 1 rings (SSSR count). The first-order valence-corrected chi connectivity index (χ1v) is 7.38. The van der Waals surface area contributed by atoms with Gasteiger partial charge < -0.3 is 16.0 Å². The topological polar surface area (TPSA) is 53.6 Å². The maximum absolute atomic E-state index is 5.83. The largest absolute Gasteiger partial charge is 0.370 e. The normalized spacial score (nSPS) is 11.2. The molecule has 21 heavy (non-hydrogen) atoms. The Morgan fingerprint density at radius 3 is 2.67 bits per heavy atom. The smallest absolute Gasteiger partial charge is 0.188 e. The third-order valence-electron chi connectivity index (χ3n) is 3.06. The van der Waals surface area contributed by atoms with Gasteiger partial charge in [0.05, 0.1) is 0 Å². The fourth-order valence-corrected chi connectivity index (χ4v) is 1.95. The minimum atomic E-state index is 0.